The smallest absolute Gasteiger partial charge is 0.230 e. The van der Waals surface area contributed by atoms with E-state index < -0.39 is 0 Å². The summed E-state index contributed by atoms with van der Waals surface area (Å²) in [6.07, 6.45) is 8.81. The molecule has 0 bridgehead atoms. The van der Waals surface area contributed by atoms with Crippen LogP contribution in [0.4, 0.5) is 0 Å². The molecule has 2 fully saturated rings. The zero-order chi connectivity index (χ0) is 14.8. The van der Waals surface area contributed by atoms with Crippen LogP contribution in [0, 0.1) is 0 Å². The molecule has 0 amide bonds. The summed E-state index contributed by atoms with van der Waals surface area (Å²) in [6.45, 7) is 1.99. The predicted molar refractivity (Wildman–Crippen MR) is 87.0 cm³/mol. The van der Waals surface area contributed by atoms with Crippen LogP contribution in [-0.4, -0.2) is 27.7 Å². The highest BCUT2D eigenvalue weighted by molar-refractivity contribution is 7.09. The fourth-order valence-electron chi connectivity index (χ4n) is 3.36. The Morgan fingerprint density at radius 3 is 3.00 bits per heavy atom. The van der Waals surface area contributed by atoms with Crippen molar-refractivity contribution in [2.24, 2.45) is 0 Å². The highest BCUT2D eigenvalue weighted by atomic mass is 32.1. The molecule has 3 heterocycles. The van der Waals surface area contributed by atoms with Gasteiger partial charge in [0.2, 0.25) is 11.8 Å². The molecule has 118 valence electrons. The van der Waals surface area contributed by atoms with E-state index in [4.69, 9.17) is 4.42 Å². The van der Waals surface area contributed by atoms with Gasteiger partial charge in [0.25, 0.3) is 0 Å². The first-order chi connectivity index (χ1) is 10.9. The number of aryl methyl sites for hydroxylation is 1. The van der Waals surface area contributed by atoms with Crippen LogP contribution >= 0.6 is 11.3 Å². The highest BCUT2D eigenvalue weighted by Gasteiger charge is 2.30. The molecule has 4 rings (SSSR count). The Balaban J connectivity index is 1.36. The zero-order valence-electron chi connectivity index (χ0n) is 12.9. The lowest BCUT2D eigenvalue weighted by Crippen LogP contribution is -2.39. The van der Waals surface area contributed by atoms with Gasteiger partial charge >= 0.3 is 0 Å². The van der Waals surface area contributed by atoms with Gasteiger partial charge in [0.15, 0.2) is 0 Å². The molecule has 0 aromatic carbocycles. The lowest BCUT2D eigenvalue weighted by molar-refractivity contribution is 0.120. The van der Waals surface area contributed by atoms with Gasteiger partial charge in [-0.25, -0.2) is 0 Å². The third-order valence-corrected chi connectivity index (χ3v) is 5.74. The normalized spacial score (nSPS) is 23.0. The number of thiophene rings is 1. The average molecular weight is 317 g/mol. The van der Waals surface area contributed by atoms with Crippen molar-refractivity contribution >= 4 is 11.3 Å². The van der Waals surface area contributed by atoms with Crippen molar-refractivity contribution in [2.45, 2.75) is 63.5 Å². The Morgan fingerprint density at radius 2 is 2.18 bits per heavy atom. The van der Waals surface area contributed by atoms with Crippen molar-refractivity contribution in [3.8, 4) is 0 Å². The number of piperidine rings is 1. The van der Waals surface area contributed by atoms with E-state index in [1.54, 1.807) is 0 Å². The van der Waals surface area contributed by atoms with E-state index in [0.29, 0.717) is 12.0 Å². The Hall–Kier alpha value is -1.20. The maximum absolute atomic E-state index is 5.85. The van der Waals surface area contributed by atoms with E-state index >= 15 is 0 Å². The van der Waals surface area contributed by atoms with Gasteiger partial charge in [0, 0.05) is 16.8 Å². The van der Waals surface area contributed by atoms with Crippen LogP contribution in [0.3, 0.4) is 0 Å². The molecule has 1 aliphatic carbocycles. The van der Waals surface area contributed by atoms with E-state index in [1.165, 1.54) is 49.8 Å². The van der Waals surface area contributed by atoms with E-state index in [0.717, 1.165) is 24.9 Å². The van der Waals surface area contributed by atoms with Crippen LogP contribution in [0.1, 0.15) is 61.1 Å². The van der Waals surface area contributed by atoms with E-state index in [2.05, 4.69) is 32.6 Å². The quantitative estimate of drug-likeness (QED) is 0.807. The minimum atomic E-state index is 0.553. The minimum Gasteiger partial charge on any atom is -0.424 e. The summed E-state index contributed by atoms with van der Waals surface area (Å²) < 4.78 is 5.85. The lowest BCUT2D eigenvalue weighted by Gasteiger charge is -2.34. The van der Waals surface area contributed by atoms with E-state index in [-0.39, 0.29) is 0 Å². The van der Waals surface area contributed by atoms with E-state index in [9.17, 15) is 0 Å². The Morgan fingerprint density at radius 1 is 1.23 bits per heavy atom. The fourth-order valence-corrected chi connectivity index (χ4v) is 4.08. The number of hydrogen-bond donors (Lipinski definition) is 0. The van der Waals surface area contributed by atoms with E-state index in [1.807, 2.05) is 11.3 Å². The molecular formula is C17H23N3OS. The van der Waals surface area contributed by atoms with Crippen LogP contribution in [0.15, 0.2) is 21.9 Å². The molecule has 0 spiro atoms. The van der Waals surface area contributed by atoms with Crippen molar-refractivity contribution < 1.29 is 4.42 Å². The summed E-state index contributed by atoms with van der Waals surface area (Å²) in [5.41, 5.74) is 0. The summed E-state index contributed by atoms with van der Waals surface area (Å²) in [4.78, 5) is 4.06. The Labute approximate surface area is 135 Å². The summed E-state index contributed by atoms with van der Waals surface area (Å²) in [6, 6.07) is 5.06. The molecular weight excluding hydrogens is 294 g/mol. The first kappa shape index (κ1) is 14.4. The standard InChI is InChI=1S/C17H23N3OS/c1-2-10-20(12-16-18-19-17(21-16)13-6-7-13)14(4-1)8-9-15-5-3-11-22-15/h3,5,11,13-14H,1-2,4,6-10,12H2/t14-/m0/s1. The first-order valence-corrected chi connectivity index (χ1v) is 9.35. The van der Waals surface area contributed by atoms with Gasteiger partial charge in [-0.05, 0) is 56.5 Å². The molecule has 5 heteroatoms. The van der Waals surface area contributed by atoms with Crippen LogP contribution in [0.2, 0.25) is 0 Å². The Kier molecular flexibility index (Phi) is 4.26. The predicted octanol–water partition coefficient (Wildman–Crippen LogP) is 4.00. The zero-order valence-corrected chi connectivity index (χ0v) is 13.7. The molecule has 0 radical (unpaired) electrons. The third kappa shape index (κ3) is 3.41. The molecule has 2 aromatic heterocycles. The summed E-state index contributed by atoms with van der Waals surface area (Å²) in [5, 5.41) is 10.6. The van der Waals surface area contributed by atoms with Gasteiger partial charge in [-0.1, -0.05) is 12.5 Å². The molecule has 1 aliphatic heterocycles. The molecule has 22 heavy (non-hydrogen) atoms. The van der Waals surface area contributed by atoms with Crippen LogP contribution < -0.4 is 0 Å². The van der Waals surface area contributed by atoms with Gasteiger partial charge in [-0.2, -0.15) is 0 Å². The molecule has 1 atom stereocenters. The number of rotatable bonds is 6. The van der Waals surface area contributed by atoms with Crippen molar-refractivity contribution in [1.82, 2.24) is 15.1 Å². The molecule has 2 aromatic rings. The monoisotopic (exact) mass is 317 g/mol. The molecule has 4 nitrogen and oxygen atoms in total. The largest absolute Gasteiger partial charge is 0.424 e. The topological polar surface area (TPSA) is 42.2 Å². The second-order valence-corrected chi connectivity index (χ2v) is 7.58. The maximum atomic E-state index is 5.85. The van der Waals surface area contributed by atoms with Gasteiger partial charge in [-0.15, -0.1) is 21.5 Å². The molecule has 0 N–H and O–H groups in total. The lowest BCUT2D eigenvalue weighted by atomic mass is 9.97. The number of aromatic nitrogens is 2. The SMILES string of the molecule is c1csc(CC[C@@H]2CCCCN2Cc2nnc(C3CC3)o2)c1. The number of hydrogen-bond acceptors (Lipinski definition) is 5. The van der Waals surface area contributed by atoms with Gasteiger partial charge in [-0.3, -0.25) is 4.90 Å². The summed E-state index contributed by atoms with van der Waals surface area (Å²) >= 11 is 1.87. The summed E-state index contributed by atoms with van der Waals surface area (Å²) in [7, 11) is 0. The molecule has 1 saturated heterocycles. The van der Waals surface area contributed by atoms with Gasteiger partial charge < -0.3 is 4.42 Å². The number of likely N-dealkylation sites (tertiary alicyclic amines) is 1. The van der Waals surface area contributed by atoms with Crippen molar-refractivity contribution in [3.63, 3.8) is 0 Å². The Bertz CT molecular complexity index is 591. The third-order valence-electron chi connectivity index (χ3n) is 4.80. The highest BCUT2D eigenvalue weighted by Crippen LogP contribution is 2.39. The van der Waals surface area contributed by atoms with Crippen LogP contribution in [0.5, 0.6) is 0 Å². The van der Waals surface area contributed by atoms with Gasteiger partial charge in [0.05, 0.1) is 6.54 Å². The second-order valence-electron chi connectivity index (χ2n) is 6.55. The minimum absolute atomic E-state index is 0.553. The summed E-state index contributed by atoms with van der Waals surface area (Å²) in [5.74, 6) is 2.23. The van der Waals surface area contributed by atoms with Crippen LogP contribution in [0.25, 0.3) is 0 Å². The van der Waals surface area contributed by atoms with Crippen molar-refractivity contribution in [3.05, 3.63) is 34.2 Å². The van der Waals surface area contributed by atoms with Crippen molar-refractivity contribution in [2.75, 3.05) is 6.54 Å². The molecule has 2 aliphatic rings. The maximum Gasteiger partial charge on any atom is 0.230 e. The molecule has 0 unspecified atom stereocenters. The number of nitrogens with zero attached hydrogens (tertiary/aromatic N) is 3. The second kappa shape index (κ2) is 6.50. The first-order valence-electron chi connectivity index (χ1n) is 8.47. The van der Waals surface area contributed by atoms with Gasteiger partial charge in [0.1, 0.15) is 0 Å². The molecule has 1 saturated carbocycles. The fraction of sp³-hybridized carbons (Fsp3) is 0.647. The van der Waals surface area contributed by atoms with Crippen LogP contribution in [-0.2, 0) is 13.0 Å². The average Bonchev–Trinajstić information content (AvgIpc) is 3.07. The van der Waals surface area contributed by atoms with Crippen molar-refractivity contribution in [1.29, 1.82) is 0 Å².